The van der Waals surface area contributed by atoms with Crippen molar-refractivity contribution in [2.75, 3.05) is 14.2 Å². The number of halogens is 1. The summed E-state index contributed by atoms with van der Waals surface area (Å²) in [6.45, 7) is 4.55. The lowest BCUT2D eigenvalue weighted by Crippen LogP contribution is -2.26. The Kier molecular flexibility index (Phi) is 5.49. The topological polar surface area (TPSA) is 73.7 Å². The molecule has 0 saturated carbocycles. The number of methoxy groups -OCH3 is 1. The molecule has 0 aliphatic carbocycles. The average molecular weight is 446 g/mol. The number of benzene rings is 2. The maximum Gasteiger partial charge on any atom is 0.297 e. The van der Waals surface area contributed by atoms with Crippen LogP contribution in [0.5, 0.6) is 11.8 Å². The SMILES string of the molecule is COc1ccc(CN(C)S(=O)(=O)c2ccc(F)c(-c3nc4n(c3C)C[C@@H](C)O4)c2)cc1. The van der Waals surface area contributed by atoms with Gasteiger partial charge >= 0.3 is 0 Å². The predicted molar refractivity (Wildman–Crippen MR) is 114 cm³/mol. The standard InChI is InChI=1S/C22H24FN3O4S/c1-14-12-26-15(2)21(24-22(26)30-14)19-11-18(9-10-20(19)23)31(27,28)25(3)13-16-5-7-17(29-4)8-6-16/h5-11,14H,12-13H2,1-4H3/t14-/m1/s1. The van der Waals surface area contributed by atoms with Gasteiger partial charge in [0.15, 0.2) is 0 Å². The van der Waals surface area contributed by atoms with Crippen molar-refractivity contribution in [2.24, 2.45) is 0 Å². The van der Waals surface area contributed by atoms with Gasteiger partial charge in [-0.05, 0) is 49.7 Å². The molecule has 164 valence electrons. The van der Waals surface area contributed by atoms with Crippen LogP contribution < -0.4 is 9.47 Å². The van der Waals surface area contributed by atoms with Gasteiger partial charge in [-0.25, -0.2) is 12.8 Å². The van der Waals surface area contributed by atoms with Crippen LogP contribution in [0.25, 0.3) is 11.3 Å². The van der Waals surface area contributed by atoms with Gasteiger partial charge < -0.3 is 9.47 Å². The quantitative estimate of drug-likeness (QED) is 0.580. The second kappa shape index (κ2) is 7.97. The number of hydrogen-bond acceptors (Lipinski definition) is 5. The summed E-state index contributed by atoms with van der Waals surface area (Å²) in [5, 5.41) is 0. The highest BCUT2D eigenvalue weighted by Crippen LogP contribution is 2.34. The highest BCUT2D eigenvalue weighted by Gasteiger charge is 2.28. The lowest BCUT2D eigenvalue weighted by atomic mass is 10.1. The van der Waals surface area contributed by atoms with Gasteiger partial charge in [-0.1, -0.05) is 12.1 Å². The van der Waals surface area contributed by atoms with E-state index in [1.165, 1.54) is 23.5 Å². The van der Waals surface area contributed by atoms with Gasteiger partial charge in [-0.15, -0.1) is 0 Å². The fraction of sp³-hybridized carbons (Fsp3) is 0.318. The molecule has 0 fully saturated rings. The molecule has 1 aliphatic heterocycles. The van der Waals surface area contributed by atoms with Crippen LogP contribution in [0.15, 0.2) is 47.4 Å². The van der Waals surface area contributed by atoms with Gasteiger partial charge in [-0.3, -0.25) is 4.57 Å². The number of imidazole rings is 1. The van der Waals surface area contributed by atoms with Crippen LogP contribution in [0.1, 0.15) is 18.2 Å². The number of sulfonamides is 1. The van der Waals surface area contributed by atoms with Gasteiger partial charge in [-0.2, -0.15) is 9.29 Å². The lowest BCUT2D eigenvalue weighted by molar-refractivity contribution is 0.246. The molecule has 0 unspecified atom stereocenters. The normalized spacial score (nSPS) is 15.7. The van der Waals surface area contributed by atoms with E-state index >= 15 is 0 Å². The number of ether oxygens (including phenoxy) is 2. The van der Waals surface area contributed by atoms with E-state index in [1.807, 2.05) is 18.4 Å². The summed E-state index contributed by atoms with van der Waals surface area (Å²) < 4.78 is 54.9. The fourth-order valence-corrected chi connectivity index (χ4v) is 4.83. The number of fused-ring (bicyclic) bond motifs is 1. The summed E-state index contributed by atoms with van der Waals surface area (Å²) in [6, 6.07) is 11.3. The van der Waals surface area contributed by atoms with Crippen LogP contribution in [0, 0.1) is 12.7 Å². The van der Waals surface area contributed by atoms with Crippen LogP contribution in [0.2, 0.25) is 0 Å². The molecule has 0 bridgehead atoms. The summed E-state index contributed by atoms with van der Waals surface area (Å²) in [5.74, 6) is 0.155. The van der Waals surface area contributed by atoms with Gasteiger partial charge in [0.25, 0.3) is 6.01 Å². The number of aromatic nitrogens is 2. The molecule has 31 heavy (non-hydrogen) atoms. The molecule has 0 radical (unpaired) electrons. The van der Waals surface area contributed by atoms with Crippen molar-refractivity contribution in [2.45, 2.75) is 37.9 Å². The summed E-state index contributed by atoms with van der Waals surface area (Å²) in [6.07, 6.45) is -0.00147. The van der Waals surface area contributed by atoms with Crippen molar-refractivity contribution in [3.8, 4) is 23.0 Å². The number of nitrogens with zero attached hydrogens (tertiary/aromatic N) is 3. The van der Waals surface area contributed by atoms with Crippen LogP contribution in [-0.2, 0) is 23.1 Å². The minimum atomic E-state index is -3.85. The third kappa shape index (κ3) is 3.90. The molecule has 4 rings (SSSR count). The smallest absolute Gasteiger partial charge is 0.297 e. The predicted octanol–water partition coefficient (Wildman–Crippen LogP) is 3.61. The first-order valence-corrected chi connectivity index (χ1v) is 11.3. The zero-order chi connectivity index (χ0) is 22.3. The Bertz CT molecular complexity index is 1220. The third-order valence-corrected chi connectivity index (χ3v) is 7.20. The second-order valence-corrected chi connectivity index (χ2v) is 9.66. The van der Waals surface area contributed by atoms with Gasteiger partial charge in [0, 0.05) is 24.8 Å². The number of rotatable bonds is 6. The van der Waals surface area contributed by atoms with Crippen molar-refractivity contribution in [1.29, 1.82) is 0 Å². The molecular weight excluding hydrogens is 421 g/mol. The second-order valence-electron chi connectivity index (χ2n) is 7.62. The Morgan fingerprint density at radius 3 is 2.61 bits per heavy atom. The Labute approximate surface area is 181 Å². The third-order valence-electron chi connectivity index (χ3n) is 5.40. The molecule has 2 aromatic carbocycles. The first kappa shape index (κ1) is 21.3. The van der Waals surface area contributed by atoms with Crippen molar-refractivity contribution < 1.29 is 22.3 Å². The Hall–Kier alpha value is -2.91. The minimum Gasteiger partial charge on any atom is -0.497 e. The zero-order valence-electron chi connectivity index (χ0n) is 17.8. The van der Waals surface area contributed by atoms with Crippen LogP contribution in [0.3, 0.4) is 0 Å². The monoisotopic (exact) mass is 445 g/mol. The van der Waals surface area contributed by atoms with E-state index in [-0.39, 0.29) is 23.1 Å². The van der Waals surface area contributed by atoms with E-state index in [9.17, 15) is 12.8 Å². The molecule has 2 heterocycles. The van der Waals surface area contributed by atoms with Crippen molar-refractivity contribution >= 4 is 10.0 Å². The maximum absolute atomic E-state index is 14.7. The summed E-state index contributed by atoms with van der Waals surface area (Å²) >= 11 is 0. The molecule has 0 spiro atoms. The molecule has 0 N–H and O–H groups in total. The molecule has 9 heteroatoms. The number of hydrogen-bond donors (Lipinski definition) is 0. The van der Waals surface area contributed by atoms with Gasteiger partial charge in [0.2, 0.25) is 10.0 Å². The van der Waals surface area contributed by atoms with Crippen molar-refractivity contribution in [3.63, 3.8) is 0 Å². The van der Waals surface area contributed by atoms with E-state index < -0.39 is 15.8 Å². The maximum atomic E-state index is 14.7. The molecule has 1 aliphatic rings. The van der Waals surface area contributed by atoms with Crippen LogP contribution >= 0.6 is 0 Å². The highest BCUT2D eigenvalue weighted by atomic mass is 32.2. The molecule has 7 nitrogen and oxygen atoms in total. The van der Waals surface area contributed by atoms with Crippen LogP contribution in [0.4, 0.5) is 4.39 Å². The van der Waals surface area contributed by atoms with E-state index in [2.05, 4.69) is 4.98 Å². The lowest BCUT2D eigenvalue weighted by Gasteiger charge is -2.18. The van der Waals surface area contributed by atoms with Crippen molar-refractivity contribution in [1.82, 2.24) is 13.9 Å². The van der Waals surface area contributed by atoms with E-state index in [0.717, 1.165) is 17.3 Å². The molecule has 3 aromatic rings. The average Bonchev–Trinajstić information content (AvgIpc) is 3.25. The minimum absolute atomic E-state index is 0.00147. The Balaban J connectivity index is 1.64. The Morgan fingerprint density at radius 1 is 1.26 bits per heavy atom. The van der Waals surface area contributed by atoms with Gasteiger partial charge in [0.05, 0.1) is 24.2 Å². The molecule has 1 atom stereocenters. The van der Waals surface area contributed by atoms with Gasteiger partial charge in [0.1, 0.15) is 17.7 Å². The first-order valence-electron chi connectivity index (χ1n) is 9.83. The first-order chi connectivity index (χ1) is 14.7. The summed E-state index contributed by atoms with van der Waals surface area (Å²) in [4.78, 5) is 4.41. The molecule has 1 aromatic heterocycles. The zero-order valence-corrected chi connectivity index (χ0v) is 18.6. The van der Waals surface area contributed by atoms with Crippen LogP contribution in [-0.4, -0.2) is 42.5 Å². The fourth-order valence-electron chi connectivity index (χ4n) is 3.64. The van der Waals surface area contributed by atoms with Crippen molar-refractivity contribution in [3.05, 3.63) is 59.5 Å². The van der Waals surface area contributed by atoms with E-state index in [0.29, 0.717) is 24.0 Å². The van der Waals surface area contributed by atoms with E-state index in [1.54, 1.807) is 31.4 Å². The molecular formula is C22H24FN3O4S. The highest BCUT2D eigenvalue weighted by molar-refractivity contribution is 7.89. The molecule has 0 saturated heterocycles. The largest absolute Gasteiger partial charge is 0.497 e. The van der Waals surface area contributed by atoms with E-state index in [4.69, 9.17) is 9.47 Å². The Morgan fingerprint density at radius 2 is 1.97 bits per heavy atom. The summed E-state index contributed by atoms with van der Waals surface area (Å²) in [5.41, 5.74) is 2.06. The molecule has 0 amide bonds. The summed E-state index contributed by atoms with van der Waals surface area (Å²) in [7, 11) is -0.782.